The number of rotatable bonds is 8. The minimum absolute atomic E-state index is 0.0801. The third-order valence-corrected chi connectivity index (χ3v) is 5.05. The van der Waals surface area contributed by atoms with Gasteiger partial charge in [-0.2, -0.15) is 0 Å². The molecule has 4 aromatic rings. The number of carbonyl (C=O) groups excluding carboxylic acids is 2. The number of hydrogen-bond acceptors (Lipinski definition) is 6. The fourth-order valence-corrected chi connectivity index (χ4v) is 3.30. The topological polar surface area (TPSA) is 94.8 Å². The number of ether oxygens (including phenoxy) is 2. The highest BCUT2D eigenvalue weighted by Crippen LogP contribution is 2.21. The largest absolute Gasteiger partial charge is 0.489 e. The Kier molecular flexibility index (Phi) is 7.37. The monoisotopic (exact) mass is 469 g/mol. The number of fused-ring (bicyclic) bond motifs is 1. The highest BCUT2D eigenvalue weighted by atomic mass is 16.5. The van der Waals surface area contributed by atoms with Gasteiger partial charge >= 0.3 is 11.6 Å². The molecule has 7 heteroatoms. The van der Waals surface area contributed by atoms with Crippen LogP contribution in [0.15, 0.2) is 94.2 Å². The molecule has 0 saturated heterocycles. The van der Waals surface area contributed by atoms with Gasteiger partial charge in [0.15, 0.2) is 0 Å². The van der Waals surface area contributed by atoms with Gasteiger partial charge in [-0.3, -0.25) is 4.79 Å². The Morgan fingerprint density at radius 2 is 1.69 bits per heavy atom. The fraction of sp³-hybridized carbons (Fsp3) is 0.107. The van der Waals surface area contributed by atoms with E-state index in [4.69, 9.17) is 13.9 Å². The summed E-state index contributed by atoms with van der Waals surface area (Å²) >= 11 is 0. The molecule has 4 rings (SSSR count). The summed E-state index contributed by atoms with van der Waals surface area (Å²) in [6.07, 6.45) is 2.93. The van der Waals surface area contributed by atoms with Crippen LogP contribution >= 0.6 is 0 Å². The van der Waals surface area contributed by atoms with Crippen molar-refractivity contribution in [2.75, 3.05) is 6.54 Å². The van der Waals surface area contributed by atoms with Crippen molar-refractivity contribution in [2.24, 2.45) is 0 Å². The van der Waals surface area contributed by atoms with Crippen molar-refractivity contribution in [2.45, 2.75) is 13.5 Å². The number of amides is 1. The molecule has 0 aliphatic carbocycles. The molecule has 1 heterocycles. The summed E-state index contributed by atoms with van der Waals surface area (Å²) in [5.41, 5.74) is 1.25. The van der Waals surface area contributed by atoms with Crippen LogP contribution in [0, 0.1) is 0 Å². The number of benzene rings is 3. The van der Waals surface area contributed by atoms with Crippen LogP contribution in [0.2, 0.25) is 0 Å². The molecule has 0 fully saturated rings. The number of nitrogens with one attached hydrogen (secondary N) is 1. The summed E-state index contributed by atoms with van der Waals surface area (Å²) in [4.78, 5) is 36.3. The minimum Gasteiger partial charge on any atom is -0.489 e. The number of hydrogen-bond donors (Lipinski definition) is 1. The van der Waals surface area contributed by atoms with Gasteiger partial charge in [0.25, 0.3) is 5.91 Å². The number of carbonyl (C=O) groups is 2. The Bertz CT molecular complexity index is 1420. The zero-order chi connectivity index (χ0) is 24.6. The predicted molar refractivity (Wildman–Crippen MR) is 132 cm³/mol. The van der Waals surface area contributed by atoms with Crippen LogP contribution in [-0.2, 0) is 11.4 Å². The average Bonchev–Trinajstić information content (AvgIpc) is 2.87. The maximum absolute atomic E-state index is 12.3. The standard InChI is InChI=1S/C28H23NO6/c1-2-29-27(31)24-16-21-11-14-23(17-25(21)35-28(24)32)34-26(30)15-10-19-8-12-22(13-9-19)33-18-20-6-4-3-5-7-20/h3-17H,2,18H2,1H3,(H,29,31)/b15-10+. The number of esters is 1. The van der Waals surface area contributed by atoms with Gasteiger partial charge in [-0.1, -0.05) is 42.5 Å². The third kappa shape index (κ3) is 6.23. The molecule has 0 saturated carbocycles. The molecule has 0 radical (unpaired) electrons. The second kappa shape index (κ2) is 11.0. The van der Waals surface area contributed by atoms with E-state index in [-0.39, 0.29) is 16.9 Å². The van der Waals surface area contributed by atoms with Crippen LogP contribution in [-0.4, -0.2) is 18.4 Å². The van der Waals surface area contributed by atoms with E-state index in [2.05, 4.69) is 5.32 Å². The van der Waals surface area contributed by atoms with E-state index in [0.717, 1.165) is 16.9 Å². The first kappa shape index (κ1) is 23.5. The van der Waals surface area contributed by atoms with Crippen LogP contribution in [0.25, 0.3) is 17.0 Å². The van der Waals surface area contributed by atoms with Gasteiger partial charge < -0.3 is 19.2 Å². The predicted octanol–water partition coefficient (Wildman–Crippen LogP) is 4.74. The molecule has 0 aliphatic heterocycles. The smallest absolute Gasteiger partial charge is 0.349 e. The lowest BCUT2D eigenvalue weighted by atomic mass is 10.1. The molecule has 1 N–H and O–H groups in total. The molecule has 176 valence electrons. The van der Waals surface area contributed by atoms with Gasteiger partial charge in [-0.05, 0) is 54.5 Å². The summed E-state index contributed by atoms with van der Waals surface area (Å²) in [5, 5.41) is 3.10. The van der Waals surface area contributed by atoms with Gasteiger partial charge in [0, 0.05) is 24.1 Å². The highest BCUT2D eigenvalue weighted by molar-refractivity contribution is 5.97. The molecule has 1 aromatic heterocycles. The van der Waals surface area contributed by atoms with Crippen LogP contribution in [0.1, 0.15) is 28.4 Å². The summed E-state index contributed by atoms with van der Waals surface area (Å²) in [7, 11) is 0. The first-order valence-electron chi connectivity index (χ1n) is 11.0. The molecule has 0 bridgehead atoms. The SMILES string of the molecule is CCNC(=O)c1cc2ccc(OC(=O)/C=C/c3ccc(OCc4ccccc4)cc3)cc2oc1=O. The van der Waals surface area contributed by atoms with Gasteiger partial charge in [-0.15, -0.1) is 0 Å². The van der Waals surface area contributed by atoms with Gasteiger partial charge in [0.1, 0.15) is 29.3 Å². The second-order valence-corrected chi connectivity index (χ2v) is 7.60. The maximum atomic E-state index is 12.3. The fourth-order valence-electron chi connectivity index (χ4n) is 3.30. The van der Waals surface area contributed by atoms with Crippen molar-refractivity contribution < 1.29 is 23.5 Å². The molecule has 1 amide bonds. The zero-order valence-electron chi connectivity index (χ0n) is 19.0. The molecular weight excluding hydrogens is 446 g/mol. The van der Waals surface area contributed by atoms with Gasteiger partial charge in [0.05, 0.1) is 0 Å². The third-order valence-electron chi connectivity index (χ3n) is 5.05. The van der Waals surface area contributed by atoms with E-state index < -0.39 is 17.5 Å². The lowest BCUT2D eigenvalue weighted by Gasteiger charge is -2.06. The van der Waals surface area contributed by atoms with E-state index in [0.29, 0.717) is 18.5 Å². The zero-order valence-corrected chi connectivity index (χ0v) is 19.0. The maximum Gasteiger partial charge on any atom is 0.349 e. The molecule has 0 aliphatic rings. The van der Waals surface area contributed by atoms with Gasteiger partial charge in [-0.25, -0.2) is 9.59 Å². The van der Waals surface area contributed by atoms with E-state index in [1.807, 2.05) is 54.6 Å². The van der Waals surface area contributed by atoms with E-state index >= 15 is 0 Å². The summed E-state index contributed by atoms with van der Waals surface area (Å²) in [5.74, 6) is -0.151. The summed E-state index contributed by atoms with van der Waals surface area (Å²) in [6, 6.07) is 23.3. The second-order valence-electron chi connectivity index (χ2n) is 7.60. The van der Waals surface area contributed by atoms with Crippen molar-refractivity contribution in [3.8, 4) is 11.5 Å². The van der Waals surface area contributed by atoms with Crippen molar-refractivity contribution in [1.29, 1.82) is 0 Å². The van der Waals surface area contributed by atoms with Crippen LogP contribution in [0.3, 0.4) is 0 Å². The minimum atomic E-state index is -0.761. The van der Waals surface area contributed by atoms with E-state index in [1.165, 1.54) is 18.2 Å². The Morgan fingerprint density at radius 1 is 0.943 bits per heavy atom. The van der Waals surface area contributed by atoms with E-state index in [9.17, 15) is 14.4 Å². The molecule has 0 unspecified atom stereocenters. The molecule has 7 nitrogen and oxygen atoms in total. The Morgan fingerprint density at radius 3 is 2.43 bits per heavy atom. The Hall–Kier alpha value is -4.65. The Labute approximate surface area is 201 Å². The lowest BCUT2D eigenvalue weighted by molar-refractivity contribution is -0.128. The van der Waals surface area contributed by atoms with Crippen LogP contribution in [0.5, 0.6) is 11.5 Å². The van der Waals surface area contributed by atoms with Crippen LogP contribution in [0.4, 0.5) is 0 Å². The lowest BCUT2D eigenvalue weighted by Crippen LogP contribution is -2.27. The van der Waals surface area contributed by atoms with E-state index in [1.54, 1.807) is 25.1 Å². The first-order valence-corrected chi connectivity index (χ1v) is 11.0. The first-order chi connectivity index (χ1) is 17.0. The molecule has 35 heavy (non-hydrogen) atoms. The molecule has 0 atom stereocenters. The molecule has 0 spiro atoms. The molecule has 3 aromatic carbocycles. The summed E-state index contributed by atoms with van der Waals surface area (Å²) in [6.45, 7) is 2.62. The quantitative estimate of drug-likeness (QED) is 0.173. The average molecular weight is 469 g/mol. The van der Waals surface area contributed by atoms with Crippen molar-refractivity contribution in [3.05, 3.63) is 112 Å². The normalized spacial score (nSPS) is 10.9. The van der Waals surface area contributed by atoms with Crippen molar-refractivity contribution in [1.82, 2.24) is 5.32 Å². The Balaban J connectivity index is 1.37. The van der Waals surface area contributed by atoms with Crippen LogP contribution < -0.4 is 20.4 Å². The highest BCUT2D eigenvalue weighted by Gasteiger charge is 2.13. The van der Waals surface area contributed by atoms with Gasteiger partial charge in [0.2, 0.25) is 0 Å². The van der Waals surface area contributed by atoms with Crippen molar-refractivity contribution in [3.63, 3.8) is 0 Å². The summed E-state index contributed by atoms with van der Waals surface area (Å²) < 4.78 is 16.3. The van der Waals surface area contributed by atoms with Crippen molar-refractivity contribution >= 4 is 28.9 Å². The molecular formula is C28H23NO6.